The van der Waals surface area contributed by atoms with Gasteiger partial charge >= 0.3 is 0 Å². The van der Waals surface area contributed by atoms with E-state index in [-0.39, 0.29) is 0 Å². The maximum Gasteiger partial charge on any atom is 0.0562 e. The number of hydrogen-bond donors (Lipinski definition) is 0. The molecule has 0 unspecified atom stereocenters. The first-order chi connectivity index (χ1) is 6.37. The van der Waals surface area contributed by atoms with Gasteiger partial charge in [0, 0.05) is 12.0 Å². The van der Waals surface area contributed by atoms with Crippen molar-refractivity contribution in [2.24, 2.45) is 0 Å². The molecule has 1 heteroatoms. The molecule has 0 N–H and O–H groups in total. The Morgan fingerprint density at radius 1 is 1.23 bits per heavy atom. The molecule has 2 rings (SSSR count). The van der Waals surface area contributed by atoms with Crippen LogP contribution in [0.25, 0.3) is 0 Å². The Balaban J connectivity index is 2.07. The summed E-state index contributed by atoms with van der Waals surface area (Å²) < 4.78 is 5.52. The van der Waals surface area contributed by atoms with Crippen LogP contribution in [0.2, 0.25) is 0 Å². The van der Waals surface area contributed by atoms with E-state index < -0.39 is 0 Å². The number of hydrogen-bond acceptors (Lipinski definition) is 1. The Morgan fingerprint density at radius 3 is 2.46 bits per heavy atom. The summed E-state index contributed by atoms with van der Waals surface area (Å²) in [5.74, 6) is 0. The molecule has 0 bridgehead atoms. The van der Waals surface area contributed by atoms with Crippen LogP contribution in [0.15, 0.2) is 30.3 Å². The molecule has 0 aromatic heterocycles. The lowest BCUT2D eigenvalue weighted by Crippen LogP contribution is -2.14. The van der Waals surface area contributed by atoms with Crippen LogP contribution in [0.5, 0.6) is 0 Å². The monoisotopic (exact) mass is 176 g/mol. The number of benzene rings is 1. The molecule has 1 nitrogen and oxygen atoms in total. The fourth-order valence-corrected chi connectivity index (χ4v) is 1.76. The molecule has 1 aromatic rings. The van der Waals surface area contributed by atoms with Crippen molar-refractivity contribution in [3.05, 3.63) is 35.9 Å². The molecule has 0 spiro atoms. The van der Waals surface area contributed by atoms with Gasteiger partial charge in [0.15, 0.2) is 0 Å². The highest BCUT2D eigenvalue weighted by Crippen LogP contribution is 2.48. The zero-order valence-electron chi connectivity index (χ0n) is 8.12. The molecule has 1 aliphatic rings. The predicted octanol–water partition coefficient (Wildman–Crippen LogP) is 2.75. The summed E-state index contributed by atoms with van der Waals surface area (Å²) in [7, 11) is 0. The number of rotatable bonds is 4. The first-order valence-corrected chi connectivity index (χ1v) is 5.01. The molecule has 13 heavy (non-hydrogen) atoms. The van der Waals surface area contributed by atoms with Gasteiger partial charge in [0.25, 0.3) is 0 Å². The van der Waals surface area contributed by atoms with E-state index >= 15 is 0 Å². The molecule has 0 heterocycles. The van der Waals surface area contributed by atoms with E-state index in [0.29, 0.717) is 5.41 Å². The van der Waals surface area contributed by atoms with Crippen LogP contribution in [0.3, 0.4) is 0 Å². The van der Waals surface area contributed by atoms with Gasteiger partial charge in [0.2, 0.25) is 0 Å². The minimum atomic E-state index is 0.372. The van der Waals surface area contributed by atoms with Gasteiger partial charge in [0.1, 0.15) is 0 Å². The van der Waals surface area contributed by atoms with Crippen molar-refractivity contribution >= 4 is 0 Å². The lowest BCUT2D eigenvalue weighted by atomic mass is 9.97. The highest BCUT2D eigenvalue weighted by molar-refractivity contribution is 5.31. The molecule has 0 saturated heterocycles. The second-order valence-corrected chi connectivity index (χ2v) is 3.78. The molecule has 0 amide bonds. The van der Waals surface area contributed by atoms with Crippen LogP contribution in [-0.4, -0.2) is 13.2 Å². The average molecular weight is 176 g/mol. The van der Waals surface area contributed by atoms with Crippen LogP contribution in [0.1, 0.15) is 25.3 Å². The predicted molar refractivity (Wildman–Crippen MR) is 53.8 cm³/mol. The van der Waals surface area contributed by atoms with E-state index in [1.165, 1.54) is 18.4 Å². The highest BCUT2D eigenvalue weighted by Gasteiger charge is 2.44. The van der Waals surface area contributed by atoms with Crippen LogP contribution >= 0.6 is 0 Å². The molecule has 0 aliphatic heterocycles. The molecular weight excluding hydrogens is 160 g/mol. The summed E-state index contributed by atoms with van der Waals surface area (Å²) in [6, 6.07) is 10.7. The maximum absolute atomic E-state index is 5.52. The van der Waals surface area contributed by atoms with E-state index in [0.717, 1.165) is 13.2 Å². The van der Waals surface area contributed by atoms with Crippen LogP contribution in [-0.2, 0) is 10.2 Å². The topological polar surface area (TPSA) is 9.23 Å². The van der Waals surface area contributed by atoms with Crippen molar-refractivity contribution in [3.8, 4) is 0 Å². The van der Waals surface area contributed by atoms with Crippen molar-refractivity contribution in [2.45, 2.75) is 25.2 Å². The zero-order valence-corrected chi connectivity index (χ0v) is 8.12. The SMILES string of the molecule is CCOCC1(c2ccccc2)CC1. The lowest BCUT2D eigenvalue weighted by molar-refractivity contribution is 0.125. The Labute approximate surface area is 79.7 Å². The summed E-state index contributed by atoms with van der Waals surface area (Å²) in [6.45, 7) is 3.78. The second kappa shape index (κ2) is 3.51. The minimum absolute atomic E-state index is 0.372. The average Bonchev–Trinajstić information content (AvgIpc) is 2.97. The lowest BCUT2D eigenvalue weighted by Gasteiger charge is -2.14. The van der Waals surface area contributed by atoms with E-state index in [9.17, 15) is 0 Å². The Morgan fingerprint density at radius 2 is 1.92 bits per heavy atom. The first-order valence-electron chi connectivity index (χ1n) is 5.01. The summed E-state index contributed by atoms with van der Waals surface area (Å²) in [4.78, 5) is 0. The summed E-state index contributed by atoms with van der Waals surface area (Å²) >= 11 is 0. The quantitative estimate of drug-likeness (QED) is 0.685. The van der Waals surface area contributed by atoms with Crippen molar-refractivity contribution in [1.82, 2.24) is 0 Å². The molecule has 1 aliphatic carbocycles. The fraction of sp³-hybridized carbons (Fsp3) is 0.500. The summed E-state index contributed by atoms with van der Waals surface area (Å²) in [6.07, 6.45) is 2.58. The van der Waals surface area contributed by atoms with Crippen LogP contribution in [0, 0.1) is 0 Å². The van der Waals surface area contributed by atoms with E-state index in [4.69, 9.17) is 4.74 Å². The third-order valence-corrected chi connectivity index (χ3v) is 2.82. The zero-order chi connectivity index (χ0) is 9.15. The smallest absolute Gasteiger partial charge is 0.0562 e. The molecule has 0 atom stereocenters. The third kappa shape index (κ3) is 1.75. The van der Waals surface area contributed by atoms with Gasteiger partial charge in [-0.25, -0.2) is 0 Å². The molecule has 1 saturated carbocycles. The summed E-state index contributed by atoms with van der Waals surface area (Å²) in [5, 5.41) is 0. The van der Waals surface area contributed by atoms with E-state index in [1.807, 2.05) is 0 Å². The second-order valence-electron chi connectivity index (χ2n) is 3.78. The van der Waals surface area contributed by atoms with Gasteiger partial charge in [0.05, 0.1) is 6.61 Å². The van der Waals surface area contributed by atoms with Gasteiger partial charge in [-0.05, 0) is 25.3 Å². The largest absolute Gasteiger partial charge is 0.381 e. The summed E-state index contributed by atoms with van der Waals surface area (Å²) in [5.41, 5.74) is 1.82. The molecule has 1 fully saturated rings. The minimum Gasteiger partial charge on any atom is -0.381 e. The van der Waals surface area contributed by atoms with Gasteiger partial charge < -0.3 is 4.74 Å². The van der Waals surface area contributed by atoms with Crippen LogP contribution in [0.4, 0.5) is 0 Å². The molecule has 70 valence electrons. The van der Waals surface area contributed by atoms with Crippen molar-refractivity contribution in [3.63, 3.8) is 0 Å². The Kier molecular flexibility index (Phi) is 2.36. The standard InChI is InChI=1S/C12H16O/c1-2-13-10-12(8-9-12)11-6-4-3-5-7-11/h3-7H,2,8-10H2,1H3. The van der Waals surface area contributed by atoms with Gasteiger partial charge in [-0.15, -0.1) is 0 Å². The van der Waals surface area contributed by atoms with Crippen molar-refractivity contribution in [1.29, 1.82) is 0 Å². The maximum atomic E-state index is 5.52. The van der Waals surface area contributed by atoms with E-state index in [2.05, 4.69) is 37.3 Å². The Bertz CT molecular complexity index is 262. The van der Waals surface area contributed by atoms with Gasteiger partial charge in [-0.3, -0.25) is 0 Å². The highest BCUT2D eigenvalue weighted by atomic mass is 16.5. The first kappa shape index (κ1) is 8.76. The third-order valence-electron chi connectivity index (χ3n) is 2.82. The van der Waals surface area contributed by atoms with Gasteiger partial charge in [-0.1, -0.05) is 30.3 Å². The van der Waals surface area contributed by atoms with Crippen molar-refractivity contribution < 1.29 is 4.74 Å². The fourth-order valence-electron chi connectivity index (χ4n) is 1.76. The molecule has 0 radical (unpaired) electrons. The normalized spacial score (nSPS) is 18.5. The molecular formula is C12H16O. The molecule has 1 aromatic carbocycles. The van der Waals surface area contributed by atoms with Gasteiger partial charge in [-0.2, -0.15) is 0 Å². The van der Waals surface area contributed by atoms with Crippen molar-refractivity contribution in [2.75, 3.05) is 13.2 Å². The van der Waals surface area contributed by atoms with E-state index in [1.54, 1.807) is 0 Å². The Hall–Kier alpha value is -0.820. The number of ether oxygens (including phenoxy) is 1. The van der Waals surface area contributed by atoms with Crippen LogP contribution < -0.4 is 0 Å².